The fourth-order valence-electron chi connectivity index (χ4n) is 1.47. The van der Waals surface area contributed by atoms with Crippen molar-refractivity contribution in [2.75, 3.05) is 6.61 Å². The molecule has 0 spiro atoms. The van der Waals surface area contributed by atoms with E-state index in [4.69, 9.17) is 4.74 Å². The van der Waals surface area contributed by atoms with Gasteiger partial charge in [0.2, 0.25) is 0 Å². The van der Waals surface area contributed by atoms with Crippen molar-refractivity contribution in [2.45, 2.75) is 32.9 Å². The molecule has 0 fully saturated rings. The Morgan fingerprint density at radius 3 is 2.56 bits per heavy atom. The van der Waals surface area contributed by atoms with Gasteiger partial charge >= 0.3 is 5.97 Å². The van der Waals surface area contributed by atoms with Crippen LogP contribution in [-0.4, -0.2) is 18.6 Å². The molecule has 3 nitrogen and oxygen atoms in total. The van der Waals surface area contributed by atoms with Gasteiger partial charge < -0.3 is 10.1 Å². The molecule has 0 saturated heterocycles. The normalized spacial score (nSPS) is 12.1. The molecule has 0 aliphatic carbocycles. The number of rotatable bonds is 6. The highest BCUT2D eigenvalue weighted by Crippen LogP contribution is 2.01. The number of nitrogens with one attached hydrogen (secondary N) is 1. The Labute approximate surface area is 96.8 Å². The van der Waals surface area contributed by atoms with Gasteiger partial charge in [-0.1, -0.05) is 37.3 Å². The van der Waals surface area contributed by atoms with E-state index in [1.54, 1.807) is 0 Å². The summed E-state index contributed by atoms with van der Waals surface area (Å²) in [6.07, 6.45) is 0.742. The van der Waals surface area contributed by atoms with Gasteiger partial charge in [-0.2, -0.15) is 0 Å². The Morgan fingerprint density at radius 1 is 1.31 bits per heavy atom. The van der Waals surface area contributed by atoms with Crippen molar-refractivity contribution in [3.8, 4) is 0 Å². The summed E-state index contributed by atoms with van der Waals surface area (Å²) >= 11 is 0. The number of carbonyl (C=O) groups is 1. The lowest BCUT2D eigenvalue weighted by Gasteiger charge is -2.15. The van der Waals surface area contributed by atoms with Gasteiger partial charge in [0.15, 0.2) is 0 Å². The van der Waals surface area contributed by atoms with Crippen molar-refractivity contribution in [3.63, 3.8) is 0 Å². The lowest BCUT2D eigenvalue weighted by Crippen LogP contribution is -2.37. The molecule has 1 unspecified atom stereocenters. The molecule has 1 N–H and O–H groups in total. The topological polar surface area (TPSA) is 38.3 Å². The maximum atomic E-state index is 11.5. The Balaban J connectivity index is 2.43. The van der Waals surface area contributed by atoms with E-state index in [9.17, 15) is 4.79 Å². The molecular weight excluding hydrogens is 202 g/mol. The van der Waals surface area contributed by atoms with E-state index in [1.165, 1.54) is 5.56 Å². The molecule has 88 valence electrons. The molecule has 1 rings (SSSR count). The zero-order valence-electron chi connectivity index (χ0n) is 9.90. The smallest absolute Gasteiger partial charge is 0.323 e. The highest BCUT2D eigenvalue weighted by molar-refractivity contribution is 5.75. The summed E-state index contributed by atoms with van der Waals surface area (Å²) in [7, 11) is 0. The van der Waals surface area contributed by atoms with Gasteiger partial charge in [0.25, 0.3) is 0 Å². The third-order valence-corrected chi connectivity index (χ3v) is 2.37. The van der Waals surface area contributed by atoms with E-state index in [0.29, 0.717) is 13.2 Å². The average molecular weight is 221 g/mol. The van der Waals surface area contributed by atoms with Crippen molar-refractivity contribution in [3.05, 3.63) is 35.9 Å². The molecule has 0 bridgehead atoms. The monoisotopic (exact) mass is 221 g/mol. The van der Waals surface area contributed by atoms with Crippen LogP contribution in [0.3, 0.4) is 0 Å². The Bertz CT molecular complexity index is 311. The first-order valence-corrected chi connectivity index (χ1v) is 5.71. The maximum Gasteiger partial charge on any atom is 0.323 e. The van der Waals surface area contributed by atoms with Gasteiger partial charge in [0.1, 0.15) is 6.04 Å². The number of carbonyl (C=O) groups excluding carboxylic acids is 1. The van der Waals surface area contributed by atoms with Crippen LogP contribution in [0.2, 0.25) is 0 Å². The molecule has 0 radical (unpaired) electrons. The van der Waals surface area contributed by atoms with Crippen molar-refractivity contribution >= 4 is 5.97 Å². The lowest BCUT2D eigenvalue weighted by molar-refractivity contribution is -0.145. The first-order valence-electron chi connectivity index (χ1n) is 5.71. The molecule has 1 atom stereocenters. The summed E-state index contributed by atoms with van der Waals surface area (Å²) in [5.74, 6) is -0.166. The van der Waals surface area contributed by atoms with Gasteiger partial charge in [-0.15, -0.1) is 0 Å². The summed E-state index contributed by atoms with van der Waals surface area (Å²) in [6.45, 7) is 4.92. The van der Waals surface area contributed by atoms with Gasteiger partial charge in [0, 0.05) is 6.54 Å². The van der Waals surface area contributed by atoms with Gasteiger partial charge in [0.05, 0.1) is 6.61 Å². The average Bonchev–Trinajstić information content (AvgIpc) is 2.31. The van der Waals surface area contributed by atoms with Crippen molar-refractivity contribution in [1.29, 1.82) is 0 Å². The fraction of sp³-hybridized carbons (Fsp3) is 0.462. The van der Waals surface area contributed by atoms with E-state index >= 15 is 0 Å². The predicted octanol–water partition coefficient (Wildman–Crippen LogP) is 2.12. The number of hydrogen-bond acceptors (Lipinski definition) is 3. The molecule has 0 aliphatic rings. The zero-order chi connectivity index (χ0) is 11.8. The quantitative estimate of drug-likeness (QED) is 0.748. The van der Waals surface area contributed by atoms with E-state index in [0.717, 1.165) is 6.42 Å². The lowest BCUT2D eigenvalue weighted by atomic mass is 10.2. The van der Waals surface area contributed by atoms with Gasteiger partial charge in [-0.25, -0.2) is 0 Å². The minimum Gasteiger partial charge on any atom is -0.465 e. The van der Waals surface area contributed by atoms with Crippen molar-refractivity contribution in [2.24, 2.45) is 0 Å². The molecule has 0 aromatic heterocycles. The first kappa shape index (κ1) is 12.7. The zero-order valence-corrected chi connectivity index (χ0v) is 9.90. The molecule has 1 aromatic rings. The number of benzene rings is 1. The molecule has 0 heterocycles. The van der Waals surface area contributed by atoms with Crippen LogP contribution in [0.4, 0.5) is 0 Å². The predicted molar refractivity (Wildman–Crippen MR) is 64.0 cm³/mol. The highest BCUT2D eigenvalue weighted by atomic mass is 16.5. The third-order valence-electron chi connectivity index (χ3n) is 2.37. The van der Waals surface area contributed by atoms with E-state index in [1.807, 2.05) is 44.2 Å². The summed E-state index contributed by atoms with van der Waals surface area (Å²) < 4.78 is 4.98. The Morgan fingerprint density at radius 2 is 2.00 bits per heavy atom. The van der Waals surface area contributed by atoms with Crippen LogP contribution in [-0.2, 0) is 16.1 Å². The molecule has 3 heteroatoms. The largest absolute Gasteiger partial charge is 0.465 e. The van der Waals surface area contributed by atoms with Crippen LogP contribution in [0.1, 0.15) is 25.8 Å². The molecule has 0 amide bonds. The second kappa shape index (κ2) is 7.01. The van der Waals surface area contributed by atoms with E-state index < -0.39 is 0 Å². The standard InChI is InChI=1S/C13H19NO2/c1-3-12(13(15)16-4-2)14-10-11-8-6-5-7-9-11/h5-9,12,14H,3-4,10H2,1-2H3. The highest BCUT2D eigenvalue weighted by Gasteiger charge is 2.16. The molecule has 1 aromatic carbocycles. The van der Waals surface area contributed by atoms with E-state index in [-0.39, 0.29) is 12.0 Å². The second-order valence-corrected chi connectivity index (χ2v) is 3.58. The van der Waals surface area contributed by atoms with Crippen LogP contribution in [0.25, 0.3) is 0 Å². The van der Waals surface area contributed by atoms with Crippen LogP contribution in [0.15, 0.2) is 30.3 Å². The second-order valence-electron chi connectivity index (χ2n) is 3.58. The van der Waals surface area contributed by atoms with Crippen LogP contribution in [0, 0.1) is 0 Å². The summed E-state index contributed by atoms with van der Waals surface area (Å²) in [4.78, 5) is 11.5. The summed E-state index contributed by atoms with van der Waals surface area (Å²) in [5, 5.41) is 3.20. The molecule has 0 aliphatic heterocycles. The molecule has 16 heavy (non-hydrogen) atoms. The van der Waals surface area contributed by atoms with Crippen molar-refractivity contribution in [1.82, 2.24) is 5.32 Å². The number of esters is 1. The minimum absolute atomic E-state index is 0.166. The van der Waals surface area contributed by atoms with Gasteiger partial charge in [-0.3, -0.25) is 4.79 Å². The molecular formula is C13H19NO2. The maximum absolute atomic E-state index is 11.5. The van der Waals surface area contributed by atoms with Gasteiger partial charge in [-0.05, 0) is 18.9 Å². The third kappa shape index (κ3) is 4.03. The van der Waals surface area contributed by atoms with Crippen LogP contribution < -0.4 is 5.32 Å². The Kier molecular flexibility index (Phi) is 5.57. The van der Waals surface area contributed by atoms with Crippen molar-refractivity contribution < 1.29 is 9.53 Å². The Hall–Kier alpha value is -1.35. The van der Waals surface area contributed by atoms with E-state index in [2.05, 4.69) is 5.32 Å². The summed E-state index contributed by atoms with van der Waals surface area (Å²) in [6, 6.07) is 9.81. The van der Waals surface area contributed by atoms with Crippen LogP contribution >= 0.6 is 0 Å². The van der Waals surface area contributed by atoms with Crippen LogP contribution in [0.5, 0.6) is 0 Å². The first-order chi connectivity index (χ1) is 7.77. The SMILES string of the molecule is CCOC(=O)C(CC)NCc1ccccc1. The minimum atomic E-state index is -0.208. The number of ether oxygens (including phenoxy) is 1. The molecule has 0 saturated carbocycles. The number of hydrogen-bond donors (Lipinski definition) is 1. The summed E-state index contributed by atoms with van der Waals surface area (Å²) in [5.41, 5.74) is 1.17. The fourth-order valence-corrected chi connectivity index (χ4v) is 1.47.